The molecule has 0 saturated heterocycles. The molecule has 0 atom stereocenters. The maximum Gasteiger partial charge on any atom is 0.165 e. The van der Waals surface area contributed by atoms with Crippen LogP contribution in [0.1, 0.15) is 0 Å². The number of benzene rings is 6. The molecule has 4 heteroatoms. The van der Waals surface area contributed by atoms with Gasteiger partial charge in [0.05, 0.1) is 33.1 Å². The number of hydrogen-bond acceptors (Lipinski definition) is 2. The monoisotopic (exact) mass is 508 g/mol. The summed E-state index contributed by atoms with van der Waals surface area (Å²) < 4.78 is 4.73. The summed E-state index contributed by atoms with van der Waals surface area (Å²) in [5, 5.41) is 8.64. The Labute approximate surface area is 227 Å². The Kier molecular flexibility index (Phi) is 3.65. The Morgan fingerprint density at radius 1 is 0.475 bits per heavy atom. The molecule has 0 aliphatic rings. The lowest BCUT2D eigenvalue weighted by atomic mass is 10.0. The molecule has 0 spiro atoms. The minimum Gasteiger partial charge on any atom is -0.309 e. The van der Waals surface area contributed by atoms with Crippen molar-refractivity contribution in [3.63, 3.8) is 0 Å². The van der Waals surface area contributed by atoms with Gasteiger partial charge in [-0.25, -0.2) is 9.97 Å². The Bertz CT molecular complexity index is 2600. The Morgan fingerprint density at radius 2 is 1.12 bits per heavy atom. The molecule has 4 nitrogen and oxygen atoms in total. The van der Waals surface area contributed by atoms with E-state index in [1.54, 1.807) is 0 Å². The van der Waals surface area contributed by atoms with Gasteiger partial charge in [-0.05, 0) is 59.3 Å². The first-order chi connectivity index (χ1) is 19.8. The zero-order valence-corrected chi connectivity index (χ0v) is 21.3. The predicted octanol–water partition coefficient (Wildman–Crippen LogP) is 9.03. The molecular weight excluding hydrogens is 488 g/mol. The summed E-state index contributed by atoms with van der Waals surface area (Å²) in [5.41, 5.74) is 9.63. The highest BCUT2D eigenvalue weighted by Crippen LogP contribution is 2.43. The first kappa shape index (κ1) is 20.5. The largest absolute Gasteiger partial charge is 0.309 e. The van der Waals surface area contributed by atoms with Gasteiger partial charge in [0, 0.05) is 32.6 Å². The quantitative estimate of drug-likeness (QED) is 0.222. The SMILES string of the molecule is c1ccc2c(c1)cc1c3nc4ccccc4nc3n3c4ccc(-n5c6ccccc6c6ccccc65)cc4c2c13. The molecule has 0 bridgehead atoms. The van der Waals surface area contributed by atoms with Crippen LogP contribution in [0.5, 0.6) is 0 Å². The highest BCUT2D eigenvalue weighted by molar-refractivity contribution is 6.31. The lowest BCUT2D eigenvalue weighted by Crippen LogP contribution is -1.94. The average Bonchev–Trinajstić information content (AvgIpc) is 3.63. The summed E-state index contributed by atoms with van der Waals surface area (Å²) in [6.45, 7) is 0. The molecule has 184 valence electrons. The van der Waals surface area contributed by atoms with E-state index in [0.717, 1.165) is 38.8 Å². The molecule has 4 aromatic heterocycles. The minimum absolute atomic E-state index is 0.911. The maximum absolute atomic E-state index is 5.16. The minimum atomic E-state index is 0.911. The second-order valence-electron chi connectivity index (χ2n) is 10.7. The first-order valence-corrected chi connectivity index (χ1v) is 13.6. The zero-order chi connectivity index (χ0) is 25.9. The van der Waals surface area contributed by atoms with E-state index in [2.05, 4.69) is 106 Å². The molecule has 6 aromatic carbocycles. The van der Waals surface area contributed by atoms with Gasteiger partial charge in [-0.2, -0.15) is 0 Å². The van der Waals surface area contributed by atoms with Crippen LogP contribution in [0.15, 0.2) is 121 Å². The molecule has 0 saturated carbocycles. The molecular formula is C36H20N4. The van der Waals surface area contributed by atoms with Gasteiger partial charge in [-0.1, -0.05) is 72.8 Å². The van der Waals surface area contributed by atoms with E-state index in [0.29, 0.717) is 0 Å². The maximum atomic E-state index is 5.16. The van der Waals surface area contributed by atoms with Crippen LogP contribution in [0.25, 0.3) is 87.7 Å². The van der Waals surface area contributed by atoms with Crippen LogP contribution in [0, 0.1) is 0 Å². The standard InChI is InChI=1S/C36H20N4/c1-2-10-23-21(9-1)19-27-34-36(38-29-14-6-5-13-28(29)37-34)40-32-18-17-22(20-26(32)33(23)35(27)40)39-30-15-7-3-11-24(30)25-12-4-8-16-31(25)39/h1-20H. The fraction of sp³-hybridized carbons (Fsp3) is 0. The van der Waals surface area contributed by atoms with Crippen LogP contribution in [-0.4, -0.2) is 18.9 Å². The molecule has 10 aromatic rings. The van der Waals surface area contributed by atoms with E-state index >= 15 is 0 Å². The summed E-state index contributed by atoms with van der Waals surface area (Å²) in [7, 11) is 0. The van der Waals surface area contributed by atoms with Gasteiger partial charge >= 0.3 is 0 Å². The molecule has 0 amide bonds. The van der Waals surface area contributed by atoms with Gasteiger partial charge in [-0.3, -0.25) is 4.40 Å². The molecule has 40 heavy (non-hydrogen) atoms. The molecule has 0 unspecified atom stereocenters. The fourth-order valence-electron chi connectivity index (χ4n) is 6.95. The summed E-state index contributed by atoms with van der Waals surface area (Å²) in [5.74, 6) is 0. The predicted molar refractivity (Wildman–Crippen MR) is 166 cm³/mol. The summed E-state index contributed by atoms with van der Waals surface area (Å²) in [4.78, 5) is 10.3. The van der Waals surface area contributed by atoms with Crippen molar-refractivity contribution in [2.45, 2.75) is 0 Å². The molecule has 0 fully saturated rings. The van der Waals surface area contributed by atoms with Crippen molar-refractivity contribution in [2.75, 3.05) is 0 Å². The highest BCUT2D eigenvalue weighted by Gasteiger charge is 2.23. The van der Waals surface area contributed by atoms with E-state index in [1.165, 1.54) is 48.9 Å². The van der Waals surface area contributed by atoms with Crippen molar-refractivity contribution in [2.24, 2.45) is 0 Å². The third kappa shape index (κ3) is 2.42. The number of rotatable bonds is 1. The lowest BCUT2D eigenvalue weighted by molar-refractivity contribution is 1.18. The summed E-state index contributed by atoms with van der Waals surface area (Å²) in [6, 6.07) is 43.4. The Balaban J connectivity index is 1.42. The average molecular weight is 509 g/mol. The molecule has 4 heterocycles. The van der Waals surface area contributed by atoms with Crippen molar-refractivity contribution in [1.29, 1.82) is 0 Å². The highest BCUT2D eigenvalue weighted by atomic mass is 15.0. The van der Waals surface area contributed by atoms with Gasteiger partial charge in [-0.15, -0.1) is 0 Å². The molecule has 0 aliphatic carbocycles. The van der Waals surface area contributed by atoms with E-state index in [4.69, 9.17) is 9.97 Å². The second-order valence-corrected chi connectivity index (χ2v) is 10.7. The van der Waals surface area contributed by atoms with E-state index < -0.39 is 0 Å². The van der Waals surface area contributed by atoms with Crippen molar-refractivity contribution in [3.05, 3.63) is 121 Å². The van der Waals surface area contributed by atoms with E-state index in [1.807, 2.05) is 24.3 Å². The van der Waals surface area contributed by atoms with Crippen LogP contribution in [0.2, 0.25) is 0 Å². The lowest BCUT2D eigenvalue weighted by Gasteiger charge is -2.09. The molecule has 0 N–H and O–H groups in total. The number of para-hydroxylation sites is 4. The van der Waals surface area contributed by atoms with E-state index in [9.17, 15) is 0 Å². The number of nitrogens with zero attached hydrogens (tertiary/aromatic N) is 4. The topological polar surface area (TPSA) is 35.1 Å². The Hall–Kier alpha value is -5.48. The zero-order valence-electron chi connectivity index (χ0n) is 21.3. The van der Waals surface area contributed by atoms with Gasteiger partial charge in [0.15, 0.2) is 5.65 Å². The van der Waals surface area contributed by atoms with Crippen LogP contribution < -0.4 is 0 Å². The molecule has 10 rings (SSSR count). The van der Waals surface area contributed by atoms with Gasteiger partial charge < -0.3 is 4.57 Å². The molecule has 0 radical (unpaired) electrons. The fourth-order valence-corrected chi connectivity index (χ4v) is 6.95. The van der Waals surface area contributed by atoms with Crippen LogP contribution in [0.4, 0.5) is 0 Å². The number of aromatic nitrogens is 4. The third-order valence-corrected chi connectivity index (χ3v) is 8.59. The number of fused-ring (bicyclic) bond motifs is 12. The van der Waals surface area contributed by atoms with E-state index in [-0.39, 0.29) is 0 Å². The van der Waals surface area contributed by atoms with Gasteiger partial charge in [0.1, 0.15) is 5.52 Å². The smallest absolute Gasteiger partial charge is 0.165 e. The second kappa shape index (κ2) is 7.13. The van der Waals surface area contributed by atoms with Crippen LogP contribution >= 0.6 is 0 Å². The molecule has 0 aliphatic heterocycles. The van der Waals surface area contributed by atoms with Gasteiger partial charge in [0.25, 0.3) is 0 Å². The van der Waals surface area contributed by atoms with Crippen molar-refractivity contribution < 1.29 is 0 Å². The van der Waals surface area contributed by atoms with Crippen molar-refractivity contribution in [1.82, 2.24) is 18.9 Å². The van der Waals surface area contributed by atoms with Crippen molar-refractivity contribution in [3.8, 4) is 5.69 Å². The van der Waals surface area contributed by atoms with Crippen LogP contribution in [-0.2, 0) is 0 Å². The van der Waals surface area contributed by atoms with Crippen molar-refractivity contribution >= 4 is 82.0 Å². The number of hydrogen-bond donors (Lipinski definition) is 0. The summed E-state index contributed by atoms with van der Waals surface area (Å²) >= 11 is 0. The Morgan fingerprint density at radius 3 is 1.90 bits per heavy atom. The third-order valence-electron chi connectivity index (χ3n) is 8.59. The van der Waals surface area contributed by atoms with Crippen LogP contribution in [0.3, 0.4) is 0 Å². The summed E-state index contributed by atoms with van der Waals surface area (Å²) in [6.07, 6.45) is 0. The normalized spacial score (nSPS) is 12.5. The first-order valence-electron chi connectivity index (χ1n) is 13.6. The van der Waals surface area contributed by atoms with Gasteiger partial charge in [0.2, 0.25) is 0 Å².